The lowest BCUT2D eigenvalue weighted by atomic mass is 10.2. The van der Waals surface area contributed by atoms with Gasteiger partial charge in [-0.25, -0.2) is 0 Å². The highest BCUT2D eigenvalue weighted by Gasteiger charge is 2.06. The average Bonchev–Trinajstić information content (AvgIpc) is 2.90. The predicted octanol–water partition coefficient (Wildman–Crippen LogP) is 2.44. The first-order valence-electron chi connectivity index (χ1n) is 7.10. The van der Waals surface area contributed by atoms with Crippen LogP contribution in [-0.4, -0.2) is 22.1 Å². The largest absolute Gasteiger partial charge is 0.485 e. The maximum atomic E-state index is 11.7. The summed E-state index contributed by atoms with van der Waals surface area (Å²) in [5.41, 5.74) is 6.34. The van der Waals surface area contributed by atoms with E-state index < -0.39 is 0 Å². The Kier molecular flexibility index (Phi) is 7.50. The summed E-state index contributed by atoms with van der Waals surface area (Å²) in [4.78, 5) is 15.7. The van der Waals surface area contributed by atoms with Crippen molar-refractivity contribution in [2.24, 2.45) is 5.73 Å². The maximum Gasteiger partial charge on any atom is 0.224 e. The fourth-order valence-electron chi connectivity index (χ4n) is 1.76. The van der Waals surface area contributed by atoms with E-state index in [2.05, 4.69) is 15.5 Å². The molecule has 0 bridgehead atoms. The molecular formula is C15H21ClN4O3. The summed E-state index contributed by atoms with van der Waals surface area (Å²) >= 11 is 0. The molecule has 3 N–H and O–H groups in total. The first-order chi connectivity index (χ1) is 10.5. The summed E-state index contributed by atoms with van der Waals surface area (Å²) < 4.78 is 10.4. The number of ether oxygens (including phenoxy) is 1. The third-order valence-electron chi connectivity index (χ3n) is 2.90. The van der Waals surface area contributed by atoms with Crippen molar-refractivity contribution < 1.29 is 14.1 Å². The van der Waals surface area contributed by atoms with Crippen LogP contribution in [0.15, 0.2) is 28.8 Å². The molecule has 1 atom stereocenters. The van der Waals surface area contributed by atoms with Crippen molar-refractivity contribution in [3.63, 3.8) is 0 Å². The molecule has 0 aliphatic rings. The molecule has 1 aromatic carbocycles. The van der Waals surface area contributed by atoms with Gasteiger partial charge in [0.15, 0.2) is 6.61 Å². The molecule has 23 heavy (non-hydrogen) atoms. The third kappa shape index (κ3) is 6.66. The van der Waals surface area contributed by atoms with Gasteiger partial charge in [0.1, 0.15) is 5.75 Å². The van der Waals surface area contributed by atoms with Crippen molar-refractivity contribution in [3.8, 4) is 5.75 Å². The molecule has 7 nitrogen and oxygen atoms in total. The van der Waals surface area contributed by atoms with Gasteiger partial charge in [-0.1, -0.05) is 5.16 Å². The lowest BCUT2D eigenvalue weighted by Crippen LogP contribution is -2.19. The Morgan fingerprint density at radius 2 is 2.09 bits per heavy atom. The second-order valence-electron chi connectivity index (χ2n) is 5.11. The number of nitrogens with zero attached hydrogens (tertiary/aromatic N) is 2. The Balaban J connectivity index is 0.00000264. The van der Waals surface area contributed by atoms with Crippen LogP contribution >= 0.6 is 12.4 Å². The van der Waals surface area contributed by atoms with Crippen molar-refractivity contribution in [1.29, 1.82) is 0 Å². The van der Waals surface area contributed by atoms with Crippen LogP contribution in [0.2, 0.25) is 0 Å². The molecular weight excluding hydrogens is 320 g/mol. The number of aromatic nitrogens is 2. The van der Waals surface area contributed by atoms with Gasteiger partial charge in [-0.15, -0.1) is 12.4 Å². The first-order valence-corrected chi connectivity index (χ1v) is 7.10. The Morgan fingerprint density at radius 3 is 2.65 bits per heavy atom. The summed E-state index contributed by atoms with van der Waals surface area (Å²) in [5.74, 6) is 1.61. The summed E-state index contributed by atoms with van der Waals surface area (Å²) in [6, 6.07) is 7.12. The minimum Gasteiger partial charge on any atom is -0.485 e. The van der Waals surface area contributed by atoms with E-state index in [1.807, 2.05) is 6.92 Å². The molecule has 1 heterocycles. The number of nitrogens with one attached hydrogen (secondary N) is 1. The van der Waals surface area contributed by atoms with Gasteiger partial charge in [0.05, 0.1) is 0 Å². The van der Waals surface area contributed by atoms with Crippen LogP contribution in [-0.2, 0) is 11.4 Å². The first kappa shape index (κ1) is 18.9. The number of halogens is 1. The van der Waals surface area contributed by atoms with E-state index in [1.54, 1.807) is 31.2 Å². The molecule has 8 heteroatoms. The smallest absolute Gasteiger partial charge is 0.224 e. The van der Waals surface area contributed by atoms with Crippen LogP contribution < -0.4 is 15.8 Å². The second kappa shape index (κ2) is 9.12. The number of carbonyl (C=O) groups is 1. The number of rotatable bonds is 7. The number of carbonyl (C=O) groups excluding carboxylic acids is 1. The Bertz CT molecular complexity index is 613. The van der Waals surface area contributed by atoms with E-state index in [0.29, 0.717) is 30.3 Å². The van der Waals surface area contributed by atoms with Gasteiger partial charge >= 0.3 is 0 Å². The van der Waals surface area contributed by atoms with Gasteiger partial charge in [-0.2, -0.15) is 4.98 Å². The number of nitrogens with two attached hydrogens (primary N) is 1. The van der Waals surface area contributed by atoms with Gasteiger partial charge in [0.2, 0.25) is 17.6 Å². The minimum absolute atomic E-state index is 0. The molecule has 0 saturated heterocycles. The molecule has 0 fully saturated rings. The second-order valence-corrected chi connectivity index (χ2v) is 5.11. The Morgan fingerprint density at radius 1 is 1.39 bits per heavy atom. The van der Waals surface area contributed by atoms with E-state index in [-0.39, 0.29) is 31.0 Å². The van der Waals surface area contributed by atoms with Crippen molar-refractivity contribution in [3.05, 3.63) is 36.0 Å². The van der Waals surface area contributed by atoms with Crippen LogP contribution in [0.3, 0.4) is 0 Å². The SMILES string of the molecule is Cc1nc(COc2ccc(NC(=O)CCC(C)N)cc2)no1.Cl. The standard InChI is InChI=1S/C15H20N4O3.ClH/c1-10(16)3-8-15(20)18-12-4-6-13(7-5-12)21-9-14-17-11(2)22-19-14;/h4-7,10H,3,8-9,16H2,1-2H3,(H,18,20);1H. The molecule has 0 radical (unpaired) electrons. The molecule has 0 aliphatic heterocycles. The van der Waals surface area contributed by atoms with Crippen LogP contribution in [0.5, 0.6) is 5.75 Å². The number of anilines is 1. The summed E-state index contributed by atoms with van der Waals surface area (Å²) in [6.45, 7) is 3.83. The molecule has 126 valence electrons. The minimum atomic E-state index is -0.0479. The number of benzene rings is 1. The van der Waals surface area contributed by atoms with Crippen LogP contribution in [0.1, 0.15) is 31.5 Å². The molecule has 2 aromatic rings. The van der Waals surface area contributed by atoms with Gasteiger partial charge in [0.25, 0.3) is 0 Å². The zero-order valence-electron chi connectivity index (χ0n) is 13.1. The lowest BCUT2D eigenvalue weighted by molar-refractivity contribution is -0.116. The molecule has 0 spiro atoms. The molecule has 0 aliphatic carbocycles. The van der Waals surface area contributed by atoms with E-state index in [9.17, 15) is 4.79 Å². The summed E-state index contributed by atoms with van der Waals surface area (Å²) in [7, 11) is 0. The number of amides is 1. The van der Waals surface area contributed by atoms with Crippen molar-refractivity contribution in [2.75, 3.05) is 5.32 Å². The van der Waals surface area contributed by atoms with Crippen molar-refractivity contribution >= 4 is 24.0 Å². The fourth-order valence-corrected chi connectivity index (χ4v) is 1.76. The third-order valence-corrected chi connectivity index (χ3v) is 2.90. The predicted molar refractivity (Wildman–Crippen MR) is 88.6 cm³/mol. The van der Waals surface area contributed by atoms with Gasteiger partial charge in [0, 0.05) is 25.1 Å². The van der Waals surface area contributed by atoms with Crippen LogP contribution in [0, 0.1) is 6.92 Å². The zero-order chi connectivity index (χ0) is 15.9. The lowest BCUT2D eigenvalue weighted by Gasteiger charge is -2.08. The van der Waals surface area contributed by atoms with E-state index in [0.717, 1.165) is 5.69 Å². The van der Waals surface area contributed by atoms with Crippen molar-refractivity contribution in [1.82, 2.24) is 10.1 Å². The monoisotopic (exact) mass is 340 g/mol. The van der Waals surface area contributed by atoms with Gasteiger partial charge in [-0.3, -0.25) is 4.79 Å². The quantitative estimate of drug-likeness (QED) is 0.802. The number of hydrogen-bond donors (Lipinski definition) is 2. The maximum absolute atomic E-state index is 11.7. The summed E-state index contributed by atoms with van der Waals surface area (Å²) in [6.07, 6.45) is 1.07. The molecule has 1 amide bonds. The molecule has 1 aromatic heterocycles. The van der Waals surface area contributed by atoms with Crippen LogP contribution in [0.25, 0.3) is 0 Å². The van der Waals surface area contributed by atoms with Crippen LogP contribution in [0.4, 0.5) is 5.69 Å². The van der Waals surface area contributed by atoms with E-state index in [4.69, 9.17) is 15.0 Å². The normalized spacial score (nSPS) is 11.4. The van der Waals surface area contributed by atoms with Gasteiger partial charge in [-0.05, 0) is 37.6 Å². The zero-order valence-corrected chi connectivity index (χ0v) is 13.9. The topological polar surface area (TPSA) is 103 Å². The number of aryl methyl sites for hydroxylation is 1. The highest BCUT2D eigenvalue weighted by atomic mass is 35.5. The average molecular weight is 341 g/mol. The van der Waals surface area contributed by atoms with E-state index in [1.165, 1.54) is 0 Å². The summed E-state index contributed by atoms with van der Waals surface area (Å²) in [5, 5.41) is 6.56. The highest BCUT2D eigenvalue weighted by Crippen LogP contribution is 2.17. The van der Waals surface area contributed by atoms with Gasteiger partial charge < -0.3 is 20.3 Å². The van der Waals surface area contributed by atoms with E-state index >= 15 is 0 Å². The number of hydrogen-bond acceptors (Lipinski definition) is 6. The van der Waals surface area contributed by atoms with Crippen molar-refractivity contribution in [2.45, 2.75) is 39.3 Å². The fraction of sp³-hybridized carbons (Fsp3) is 0.400. The Hall–Kier alpha value is -2.12. The molecule has 0 saturated carbocycles. The highest BCUT2D eigenvalue weighted by molar-refractivity contribution is 5.90. The Labute approximate surface area is 141 Å². The molecule has 2 rings (SSSR count). The molecule has 1 unspecified atom stereocenters.